The molecule has 0 atom stereocenters. The zero-order valence-electron chi connectivity index (χ0n) is 12.9. The number of anilines is 1. The van der Waals surface area contributed by atoms with Crippen LogP contribution >= 0.6 is 0 Å². The van der Waals surface area contributed by atoms with Crippen molar-refractivity contribution in [3.8, 4) is 0 Å². The van der Waals surface area contributed by atoms with Crippen molar-refractivity contribution in [2.24, 2.45) is 5.14 Å². The summed E-state index contributed by atoms with van der Waals surface area (Å²) in [6.07, 6.45) is 3.94. The van der Waals surface area contributed by atoms with Crippen LogP contribution in [0.5, 0.6) is 0 Å². The van der Waals surface area contributed by atoms with Crippen LogP contribution < -0.4 is 9.86 Å². The lowest BCUT2D eigenvalue weighted by atomic mass is 9.91. The van der Waals surface area contributed by atoms with Gasteiger partial charge in [0.2, 0.25) is 10.0 Å². The van der Waals surface area contributed by atoms with E-state index in [0.29, 0.717) is 5.69 Å². The number of primary sulfonamides is 1. The fourth-order valence-corrected chi connectivity index (χ4v) is 4.50. The van der Waals surface area contributed by atoms with Gasteiger partial charge in [0.15, 0.2) is 0 Å². The Morgan fingerprint density at radius 3 is 2.12 bits per heavy atom. The predicted octanol–water partition coefficient (Wildman–Crippen LogP) is 2.01. The van der Waals surface area contributed by atoms with E-state index in [0.717, 1.165) is 31.2 Å². The first-order valence-corrected chi connectivity index (χ1v) is 10.6. The topological polar surface area (TPSA) is 106 Å². The number of hydrogen-bond acceptors (Lipinski definition) is 4. The predicted molar refractivity (Wildman–Crippen MR) is 91.7 cm³/mol. The maximum Gasteiger partial charge on any atom is 0.261 e. The van der Waals surface area contributed by atoms with Crippen molar-refractivity contribution in [1.82, 2.24) is 0 Å². The van der Waals surface area contributed by atoms with Crippen molar-refractivity contribution in [2.45, 2.75) is 35.5 Å². The third kappa shape index (κ3) is 3.45. The summed E-state index contributed by atoms with van der Waals surface area (Å²) in [4.78, 5) is -0.137. The van der Waals surface area contributed by atoms with Crippen LogP contribution in [0.2, 0.25) is 0 Å². The van der Waals surface area contributed by atoms with E-state index >= 15 is 0 Å². The van der Waals surface area contributed by atoms with E-state index in [4.69, 9.17) is 5.14 Å². The molecule has 0 aromatic heterocycles. The smallest absolute Gasteiger partial charge is 0.261 e. The first-order valence-electron chi connectivity index (χ1n) is 7.54. The summed E-state index contributed by atoms with van der Waals surface area (Å²) in [5, 5.41) is 5.02. The Morgan fingerprint density at radius 1 is 0.833 bits per heavy atom. The average molecular weight is 366 g/mol. The summed E-state index contributed by atoms with van der Waals surface area (Å²) < 4.78 is 50.2. The molecular weight excluding hydrogens is 348 g/mol. The number of benzene rings is 2. The largest absolute Gasteiger partial charge is 0.279 e. The molecule has 2 aromatic carbocycles. The van der Waals surface area contributed by atoms with Gasteiger partial charge in [0.25, 0.3) is 10.0 Å². The van der Waals surface area contributed by atoms with Crippen LogP contribution in [0.1, 0.15) is 24.0 Å². The number of rotatable bonds is 4. The highest BCUT2D eigenvalue weighted by atomic mass is 32.2. The SMILES string of the molecule is NS(=O)(=O)c1ccc(S(=O)(=O)Nc2cccc3c2CCCC3)cc1. The van der Waals surface area contributed by atoms with Gasteiger partial charge in [-0.2, -0.15) is 0 Å². The van der Waals surface area contributed by atoms with Crippen LogP contribution in [0.15, 0.2) is 52.3 Å². The molecule has 0 fully saturated rings. The van der Waals surface area contributed by atoms with Crippen molar-refractivity contribution < 1.29 is 16.8 Å². The number of aryl methyl sites for hydroxylation is 1. The number of nitrogens with one attached hydrogen (secondary N) is 1. The van der Waals surface area contributed by atoms with Crippen LogP contribution in [0.3, 0.4) is 0 Å². The number of hydrogen-bond donors (Lipinski definition) is 2. The molecule has 0 bridgehead atoms. The Morgan fingerprint density at radius 2 is 1.46 bits per heavy atom. The van der Waals surface area contributed by atoms with E-state index in [9.17, 15) is 16.8 Å². The molecule has 0 spiro atoms. The summed E-state index contributed by atoms with van der Waals surface area (Å²) in [6.45, 7) is 0. The van der Waals surface area contributed by atoms with Gasteiger partial charge in [0, 0.05) is 0 Å². The van der Waals surface area contributed by atoms with Crippen LogP contribution in [0.25, 0.3) is 0 Å². The average Bonchev–Trinajstić information content (AvgIpc) is 2.54. The third-order valence-electron chi connectivity index (χ3n) is 4.10. The Labute approximate surface area is 141 Å². The number of fused-ring (bicyclic) bond motifs is 1. The first kappa shape index (κ1) is 16.9. The molecule has 3 rings (SSSR count). The number of sulfonamides is 2. The van der Waals surface area contributed by atoms with Gasteiger partial charge in [-0.1, -0.05) is 12.1 Å². The Bertz CT molecular complexity index is 966. The molecule has 8 heteroatoms. The summed E-state index contributed by atoms with van der Waals surface area (Å²) in [5.74, 6) is 0. The summed E-state index contributed by atoms with van der Waals surface area (Å²) in [6, 6.07) is 10.4. The minimum atomic E-state index is -3.85. The van der Waals surface area contributed by atoms with Gasteiger partial charge < -0.3 is 0 Å². The van der Waals surface area contributed by atoms with Crippen molar-refractivity contribution >= 4 is 25.7 Å². The second-order valence-electron chi connectivity index (χ2n) is 5.77. The van der Waals surface area contributed by atoms with E-state index in [2.05, 4.69) is 4.72 Å². The molecule has 0 amide bonds. The number of nitrogens with two attached hydrogens (primary N) is 1. The lowest BCUT2D eigenvalue weighted by Gasteiger charge is -2.20. The van der Waals surface area contributed by atoms with Gasteiger partial charge in [0.05, 0.1) is 15.5 Å². The van der Waals surface area contributed by atoms with E-state index in [1.165, 1.54) is 29.8 Å². The van der Waals surface area contributed by atoms with E-state index in [1.807, 2.05) is 12.1 Å². The summed E-state index contributed by atoms with van der Waals surface area (Å²) >= 11 is 0. The normalized spacial score (nSPS) is 14.9. The first-order chi connectivity index (χ1) is 11.3. The molecule has 1 aliphatic rings. The van der Waals surface area contributed by atoms with E-state index in [-0.39, 0.29) is 9.79 Å². The molecule has 24 heavy (non-hydrogen) atoms. The zero-order valence-corrected chi connectivity index (χ0v) is 14.5. The van der Waals surface area contributed by atoms with Crippen molar-refractivity contribution in [3.63, 3.8) is 0 Å². The van der Waals surface area contributed by atoms with Gasteiger partial charge in [-0.3, -0.25) is 4.72 Å². The van der Waals surface area contributed by atoms with Crippen LogP contribution in [-0.4, -0.2) is 16.8 Å². The summed E-state index contributed by atoms with van der Waals surface area (Å²) in [5.41, 5.74) is 2.79. The molecule has 0 heterocycles. The van der Waals surface area contributed by atoms with Gasteiger partial charge in [-0.25, -0.2) is 22.0 Å². The van der Waals surface area contributed by atoms with Crippen LogP contribution in [0.4, 0.5) is 5.69 Å². The Kier molecular flexibility index (Phi) is 4.37. The molecule has 3 N–H and O–H groups in total. The molecule has 2 aromatic rings. The molecule has 0 saturated carbocycles. The fourth-order valence-electron chi connectivity index (χ4n) is 2.89. The second-order valence-corrected chi connectivity index (χ2v) is 9.02. The van der Waals surface area contributed by atoms with E-state index in [1.54, 1.807) is 6.07 Å². The quantitative estimate of drug-likeness (QED) is 0.863. The van der Waals surface area contributed by atoms with Gasteiger partial charge in [-0.05, 0) is 67.1 Å². The maximum absolute atomic E-state index is 12.6. The third-order valence-corrected chi connectivity index (χ3v) is 6.41. The van der Waals surface area contributed by atoms with Gasteiger partial charge in [0.1, 0.15) is 0 Å². The molecular formula is C16H18N2O4S2. The minimum Gasteiger partial charge on any atom is -0.279 e. The molecule has 0 saturated heterocycles. The minimum absolute atomic E-state index is 0.0108. The Hall–Kier alpha value is -1.90. The highest BCUT2D eigenvalue weighted by Crippen LogP contribution is 2.29. The van der Waals surface area contributed by atoms with E-state index < -0.39 is 20.0 Å². The lowest BCUT2D eigenvalue weighted by molar-refractivity contribution is 0.595. The molecule has 0 unspecified atom stereocenters. The van der Waals surface area contributed by atoms with Gasteiger partial charge in [-0.15, -0.1) is 0 Å². The summed E-state index contributed by atoms with van der Waals surface area (Å²) in [7, 11) is -7.65. The second kappa shape index (κ2) is 6.19. The Balaban J connectivity index is 1.92. The monoisotopic (exact) mass is 366 g/mol. The lowest BCUT2D eigenvalue weighted by Crippen LogP contribution is -2.17. The molecule has 6 nitrogen and oxygen atoms in total. The van der Waals surface area contributed by atoms with Crippen LogP contribution in [-0.2, 0) is 32.9 Å². The van der Waals surface area contributed by atoms with Gasteiger partial charge >= 0.3 is 0 Å². The molecule has 0 aliphatic heterocycles. The zero-order chi connectivity index (χ0) is 17.4. The molecule has 1 aliphatic carbocycles. The molecule has 0 radical (unpaired) electrons. The molecule has 128 valence electrons. The standard InChI is InChI=1S/C16H18N2O4S2/c17-23(19,20)13-8-10-14(11-9-13)24(21,22)18-16-7-3-5-12-4-1-2-6-15(12)16/h3,5,7-11,18H,1-2,4,6H2,(H2,17,19,20). The highest BCUT2D eigenvalue weighted by molar-refractivity contribution is 7.92. The van der Waals surface area contributed by atoms with Crippen molar-refractivity contribution in [1.29, 1.82) is 0 Å². The van der Waals surface area contributed by atoms with Crippen LogP contribution in [0, 0.1) is 0 Å². The van der Waals surface area contributed by atoms with Crippen molar-refractivity contribution in [2.75, 3.05) is 4.72 Å². The van der Waals surface area contributed by atoms with Crippen molar-refractivity contribution in [3.05, 3.63) is 53.6 Å². The fraction of sp³-hybridized carbons (Fsp3) is 0.250. The highest BCUT2D eigenvalue weighted by Gasteiger charge is 2.19. The maximum atomic E-state index is 12.6.